The highest BCUT2D eigenvalue weighted by Crippen LogP contribution is 2.23. The van der Waals surface area contributed by atoms with Gasteiger partial charge in [-0.15, -0.1) is 13.2 Å². The SMILES string of the molecule is CCCCc1ncc(C(=O)NC(CC(=O)NO)Cc2ccccc2)n1Cc1ccc(C(=O)OCc2ccc(OC(F)(F)F)cc2)cc1. The van der Waals surface area contributed by atoms with Crippen molar-refractivity contribution in [2.45, 2.75) is 64.6 Å². The molecular formula is C34H35F3N4O6. The van der Waals surface area contributed by atoms with Gasteiger partial charge in [0.05, 0.1) is 11.8 Å². The Hall–Kier alpha value is -5.17. The number of aryl methyl sites for hydroxylation is 1. The van der Waals surface area contributed by atoms with Crippen molar-refractivity contribution in [1.29, 1.82) is 0 Å². The first-order valence-corrected chi connectivity index (χ1v) is 15.0. The number of alkyl halides is 3. The normalized spacial score (nSPS) is 11.9. The minimum atomic E-state index is -4.80. The lowest BCUT2D eigenvalue weighted by atomic mass is 10.0. The molecule has 0 saturated carbocycles. The topological polar surface area (TPSA) is 132 Å². The predicted molar refractivity (Wildman–Crippen MR) is 165 cm³/mol. The summed E-state index contributed by atoms with van der Waals surface area (Å²) < 4.78 is 48.1. The minimum Gasteiger partial charge on any atom is -0.457 e. The molecule has 1 heterocycles. The molecule has 47 heavy (non-hydrogen) atoms. The van der Waals surface area contributed by atoms with Crippen molar-refractivity contribution in [3.8, 4) is 5.75 Å². The standard InChI is InChI=1S/C34H35F3N4O6/c1-2-3-9-30-38-20-29(32(43)39-27(19-31(42)40-45)18-23-7-5-4-6-8-23)41(30)21-24-10-14-26(15-11-24)33(44)46-22-25-12-16-28(17-13-25)47-34(35,36)37/h4-8,10-17,20,27,45H,2-3,9,18-19,21-22H2,1H3,(H,39,43)(H,40,42). The summed E-state index contributed by atoms with van der Waals surface area (Å²) in [4.78, 5) is 42.7. The van der Waals surface area contributed by atoms with Crippen molar-refractivity contribution in [2.24, 2.45) is 0 Å². The molecule has 248 valence electrons. The Kier molecular flexibility index (Phi) is 12.1. The molecule has 0 radical (unpaired) electrons. The molecule has 4 rings (SSSR count). The highest BCUT2D eigenvalue weighted by Gasteiger charge is 2.31. The lowest BCUT2D eigenvalue weighted by molar-refractivity contribution is -0.274. The monoisotopic (exact) mass is 652 g/mol. The zero-order valence-corrected chi connectivity index (χ0v) is 25.6. The van der Waals surface area contributed by atoms with E-state index in [1.807, 2.05) is 30.3 Å². The molecule has 0 aliphatic heterocycles. The number of nitrogens with zero attached hydrogens (tertiary/aromatic N) is 2. The number of unbranched alkanes of at least 4 members (excludes halogenated alkanes) is 1. The molecule has 3 N–H and O–H groups in total. The van der Waals surface area contributed by atoms with Crippen molar-refractivity contribution in [1.82, 2.24) is 20.3 Å². The van der Waals surface area contributed by atoms with Gasteiger partial charge in [-0.05, 0) is 53.8 Å². The fourth-order valence-electron chi connectivity index (χ4n) is 4.86. The molecule has 0 fully saturated rings. The number of hydroxylamine groups is 1. The number of carbonyl (C=O) groups is 3. The summed E-state index contributed by atoms with van der Waals surface area (Å²) in [5.74, 6) is -1.34. The van der Waals surface area contributed by atoms with Crippen LogP contribution < -0.4 is 15.5 Å². The number of halogens is 3. The maximum Gasteiger partial charge on any atom is 0.573 e. The van der Waals surface area contributed by atoms with E-state index in [1.165, 1.54) is 18.3 Å². The third kappa shape index (κ3) is 10.7. The number of amides is 2. The second-order valence-electron chi connectivity index (χ2n) is 10.8. The van der Waals surface area contributed by atoms with Crippen molar-refractivity contribution in [2.75, 3.05) is 0 Å². The van der Waals surface area contributed by atoms with E-state index in [0.717, 1.165) is 36.1 Å². The van der Waals surface area contributed by atoms with Gasteiger partial charge < -0.3 is 19.4 Å². The third-order valence-corrected chi connectivity index (χ3v) is 7.20. The van der Waals surface area contributed by atoms with Crippen LogP contribution >= 0.6 is 0 Å². The molecule has 10 nitrogen and oxygen atoms in total. The fraction of sp³-hybridized carbons (Fsp3) is 0.294. The molecule has 0 spiro atoms. The number of carbonyl (C=O) groups excluding carboxylic acids is 3. The second kappa shape index (κ2) is 16.4. The summed E-state index contributed by atoms with van der Waals surface area (Å²) in [6.07, 6.45) is -0.651. The maximum atomic E-state index is 13.5. The fourth-order valence-corrected chi connectivity index (χ4v) is 4.86. The maximum absolute atomic E-state index is 13.5. The molecule has 13 heteroatoms. The van der Waals surface area contributed by atoms with Crippen molar-refractivity contribution >= 4 is 17.8 Å². The molecule has 1 aromatic heterocycles. The van der Waals surface area contributed by atoms with Crippen molar-refractivity contribution < 1.29 is 42.2 Å². The smallest absolute Gasteiger partial charge is 0.457 e. The Bertz CT molecular complexity index is 1620. The zero-order valence-electron chi connectivity index (χ0n) is 25.6. The van der Waals surface area contributed by atoms with E-state index in [-0.39, 0.29) is 30.9 Å². The van der Waals surface area contributed by atoms with Crippen molar-refractivity contribution in [3.63, 3.8) is 0 Å². The summed E-state index contributed by atoms with van der Waals surface area (Å²) >= 11 is 0. The number of nitrogens with one attached hydrogen (secondary N) is 2. The number of rotatable bonds is 15. The Morgan fingerprint density at radius 1 is 0.936 bits per heavy atom. The zero-order chi connectivity index (χ0) is 33.8. The van der Waals surface area contributed by atoms with E-state index in [9.17, 15) is 27.6 Å². The van der Waals surface area contributed by atoms with Gasteiger partial charge in [-0.2, -0.15) is 0 Å². The number of ether oxygens (including phenoxy) is 2. The molecule has 2 amide bonds. The summed E-state index contributed by atoms with van der Waals surface area (Å²) in [6, 6.07) is 20.4. The van der Waals surface area contributed by atoms with E-state index in [4.69, 9.17) is 9.94 Å². The predicted octanol–water partition coefficient (Wildman–Crippen LogP) is 5.77. The number of aromatic nitrogens is 2. The van der Waals surface area contributed by atoms with Gasteiger partial charge in [-0.1, -0.05) is 67.9 Å². The van der Waals surface area contributed by atoms with Gasteiger partial charge in [0, 0.05) is 25.4 Å². The lowest BCUT2D eigenvalue weighted by Gasteiger charge is -2.19. The second-order valence-corrected chi connectivity index (χ2v) is 10.8. The van der Waals surface area contributed by atoms with Crippen molar-refractivity contribution in [3.05, 3.63) is 119 Å². The van der Waals surface area contributed by atoms with Crippen LogP contribution in [-0.2, 0) is 35.5 Å². The van der Waals surface area contributed by atoms with E-state index >= 15 is 0 Å². The summed E-state index contributed by atoms with van der Waals surface area (Å²) in [5, 5.41) is 12.0. The van der Waals surface area contributed by atoms with Crippen LogP contribution in [0.2, 0.25) is 0 Å². The molecule has 1 unspecified atom stereocenters. The summed E-state index contributed by atoms with van der Waals surface area (Å²) in [6.45, 7) is 2.19. The van der Waals surface area contributed by atoms with Crippen LogP contribution in [0.3, 0.4) is 0 Å². The average molecular weight is 653 g/mol. The number of hydrogen-bond donors (Lipinski definition) is 3. The first kappa shape index (κ1) is 34.7. The van der Waals surface area contributed by atoms with Gasteiger partial charge in [-0.25, -0.2) is 15.3 Å². The summed E-state index contributed by atoms with van der Waals surface area (Å²) in [7, 11) is 0. The van der Waals surface area contributed by atoms with E-state index in [2.05, 4.69) is 22.0 Å². The molecule has 3 aromatic carbocycles. The molecule has 0 bridgehead atoms. The van der Waals surface area contributed by atoms with E-state index in [0.29, 0.717) is 29.9 Å². The summed E-state index contributed by atoms with van der Waals surface area (Å²) in [5.41, 5.74) is 4.37. The number of benzene rings is 3. The van der Waals surface area contributed by atoms with Crippen LogP contribution in [0.25, 0.3) is 0 Å². The number of esters is 1. The third-order valence-electron chi connectivity index (χ3n) is 7.20. The lowest BCUT2D eigenvalue weighted by Crippen LogP contribution is -2.41. The first-order chi connectivity index (χ1) is 22.5. The van der Waals surface area contributed by atoms with Gasteiger partial charge in [0.2, 0.25) is 5.91 Å². The Morgan fingerprint density at radius 2 is 1.62 bits per heavy atom. The molecular weight excluding hydrogens is 617 g/mol. The molecule has 4 aromatic rings. The Labute approximate surface area is 269 Å². The molecule has 0 aliphatic rings. The van der Waals surface area contributed by atoms with Crippen LogP contribution in [0.1, 0.15) is 69.5 Å². The minimum absolute atomic E-state index is 0.136. The average Bonchev–Trinajstić information content (AvgIpc) is 3.45. The van der Waals surface area contributed by atoms with Gasteiger partial charge in [0.25, 0.3) is 5.91 Å². The Morgan fingerprint density at radius 3 is 2.26 bits per heavy atom. The van der Waals surface area contributed by atoms with Crippen LogP contribution in [0, 0.1) is 0 Å². The van der Waals surface area contributed by atoms with Gasteiger partial charge in [0.15, 0.2) is 0 Å². The first-order valence-electron chi connectivity index (χ1n) is 15.0. The highest BCUT2D eigenvalue weighted by atomic mass is 19.4. The molecule has 0 aliphatic carbocycles. The van der Waals surface area contributed by atoms with Crippen LogP contribution in [-0.4, -0.2) is 44.9 Å². The van der Waals surface area contributed by atoms with E-state index < -0.39 is 30.2 Å². The van der Waals surface area contributed by atoms with Gasteiger partial charge >= 0.3 is 12.3 Å². The van der Waals surface area contributed by atoms with Gasteiger partial charge in [0.1, 0.15) is 23.9 Å². The largest absolute Gasteiger partial charge is 0.573 e. The van der Waals surface area contributed by atoms with Gasteiger partial charge in [-0.3, -0.25) is 14.8 Å². The molecule has 1 atom stereocenters. The van der Waals surface area contributed by atoms with Crippen LogP contribution in [0.5, 0.6) is 5.75 Å². The Balaban J connectivity index is 1.44. The quantitative estimate of drug-likeness (QED) is 0.0845. The highest BCUT2D eigenvalue weighted by molar-refractivity contribution is 5.93. The number of hydrogen-bond acceptors (Lipinski definition) is 7. The van der Waals surface area contributed by atoms with E-state index in [1.54, 1.807) is 34.3 Å². The van der Waals surface area contributed by atoms with Crippen LogP contribution in [0.4, 0.5) is 13.2 Å². The molecule has 0 saturated heterocycles. The van der Waals surface area contributed by atoms with Crippen LogP contribution in [0.15, 0.2) is 85.1 Å². The number of imidazole rings is 1.